The van der Waals surface area contributed by atoms with Gasteiger partial charge in [-0.3, -0.25) is 14.4 Å². The zero-order valence-electron chi connectivity index (χ0n) is 11.8. The molecule has 0 radical (unpaired) electrons. The number of aliphatic hydroxyl groups is 1. The molecule has 0 aliphatic carbocycles. The molecule has 120 valence electrons. The van der Waals surface area contributed by atoms with Gasteiger partial charge >= 0.3 is 17.9 Å². The molecule has 1 N–H and O–H groups in total. The van der Waals surface area contributed by atoms with Crippen LogP contribution < -0.4 is 0 Å². The number of ether oxygens (including phenoxy) is 4. The lowest BCUT2D eigenvalue weighted by Gasteiger charge is -2.41. The molecule has 1 heterocycles. The summed E-state index contributed by atoms with van der Waals surface area (Å²) in [5, 5.41) is 9.36. The van der Waals surface area contributed by atoms with Gasteiger partial charge in [0.1, 0.15) is 18.8 Å². The van der Waals surface area contributed by atoms with Gasteiger partial charge in [0.05, 0.1) is 0 Å². The predicted molar refractivity (Wildman–Crippen MR) is 71.3 cm³/mol. The summed E-state index contributed by atoms with van der Waals surface area (Å²) in [4.78, 5) is 33.1. The Morgan fingerprint density at radius 1 is 1.05 bits per heavy atom. The van der Waals surface area contributed by atoms with Gasteiger partial charge in [0, 0.05) is 20.8 Å². The SMILES string of the molecule is CC(=O)OC[C@H]1O[C@H](Br)[C@@H](OC(C)=O)[C@@H](OC(C)=O)[C@@H]1O. The molecule has 0 bridgehead atoms. The molecule has 0 saturated carbocycles. The number of halogens is 1. The molecule has 5 atom stereocenters. The fraction of sp³-hybridized carbons (Fsp3) is 0.750. The minimum atomic E-state index is -1.31. The first-order valence-electron chi connectivity index (χ1n) is 6.17. The van der Waals surface area contributed by atoms with Crippen LogP contribution in [0, 0.1) is 0 Å². The summed E-state index contributed by atoms with van der Waals surface area (Å²) in [6.07, 6.45) is -4.39. The fourth-order valence-electron chi connectivity index (χ4n) is 1.86. The number of aliphatic hydroxyl groups excluding tert-OH is 1. The highest BCUT2D eigenvalue weighted by molar-refractivity contribution is 9.09. The van der Waals surface area contributed by atoms with Gasteiger partial charge in [0.2, 0.25) is 0 Å². The molecular weight excluding hydrogens is 352 g/mol. The van der Waals surface area contributed by atoms with Crippen LogP contribution in [0.25, 0.3) is 0 Å². The number of alkyl halides is 1. The monoisotopic (exact) mass is 368 g/mol. The van der Waals surface area contributed by atoms with Crippen LogP contribution in [-0.2, 0) is 33.3 Å². The van der Waals surface area contributed by atoms with Crippen LogP contribution in [0.15, 0.2) is 0 Å². The minimum absolute atomic E-state index is 0.219. The van der Waals surface area contributed by atoms with Gasteiger partial charge in [0.25, 0.3) is 0 Å². The maximum absolute atomic E-state index is 11.2. The molecule has 0 aromatic heterocycles. The van der Waals surface area contributed by atoms with Gasteiger partial charge in [-0.05, 0) is 0 Å². The van der Waals surface area contributed by atoms with Crippen molar-refractivity contribution < 1.29 is 38.4 Å². The molecule has 9 heteroatoms. The molecule has 1 rings (SSSR count). The quantitative estimate of drug-likeness (QED) is 0.416. The minimum Gasteiger partial charge on any atom is -0.463 e. The Kier molecular flexibility index (Phi) is 6.56. The number of rotatable bonds is 4. The third kappa shape index (κ3) is 5.25. The summed E-state index contributed by atoms with van der Waals surface area (Å²) in [7, 11) is 0. The molecule has 1 aliphatic rings. The first-order chi connectivity index (χ1) is 9.72. The Hall–Kier alpha value is -1.19. The standard InChI is InChI=1S/C12H17BrO8/c1-5(14)18-4-8-9(17)10(19-6(2)15)11(12(13)21-8)20-7(3)16/h8-12,17H,4H2,1-3H3/t8-,9-,10+,11+,12+/m1/s1. The van der Waals surface area contributed by atoms with Gasteiger partial charge in [-0.1, -0.05) is 15.9 Å². The molecular formula is C12H17BrO8. The van der Waals surface area contributed by atoms with Gasteiger partial charge in [-0.2, -0.15) is 0 Å². The molecule has 1 saturated heterocycles. The molecule has 0 spiro atoms. The van der Waals surface area contributed by atoms with Crippen LogP contribution in [0.4, 0.5) is 0 Å². The van der Waals surface area contributed by atoms with Gasteiger partial charge < -0.3 is 24.1 Å². The van der Waals surface area contributed by atoms with Crippen molar-refractivity contribution in [2.75, 3.05) is 6.61 Å². The van der Waals surface area contributed by atoms with E-state index in [9.17, 15) is 19.5 Å². The average Bonchev–Trinajstić information content (AvgIpc) is 2.35. The van der Waals surface area contributed by atoms with E-state index in [0.717, 1.165) is 6.92 Å². The molecule has 0 aromatic carbocycles. The van der Waals surface area contributed by atoms with Crippen LogP contribution >= 0.6 is 15.9 Å². The van der Waals surface area contributed by atoms with Crippen molar-refractivity contribution in [3.05, 3.63) is 0 Å². The Morgan fingerprint density at radius 3 is 2.05 bits per heavy atom. The third-order valence-electron chi connectivity index (χ3n) is 2.66. The second-order valence-electron chi connectivity index (χ2n) is 4.47. The topological polar surface area (TPSA) is 108 Å². The van der Waals surface area contributed by atoms with Crippen molar-refractivity contribution >= 4 is 33.8 Å². The number of hydrogen-bond acceptors (Lipinski definition) is 8. The smallest absolute Gasteiger partial charge is 0.303 e. The lowest BCUT2D eigenvalue weighted by Crippen LogP contribution is -2.59. The molecule has 1 fully saturated rings. The highest BCUT2D eigenvalue weighted by Crippen LogP contribution is 2.29. The van der Waals surface area contributed by atoms with Crippen LogP contribution in [0.2, 0.25) is 0 Å². The number of carbonyl (C=O) groups is 3. The van der Waals surface area contributed by atoms with Crippen LogP contribution in [0.5, 0.6) is 0 Å². The lowest BCUT2D eigenvalue weighted by atomic mass is 10.00. The van der Waals surface area contributed by atoms with E-state index in [1.807, 2.05) is 0 Å². The molecule has 1 aliphatic heterocycles. The summed E-state index contributed by atoms with van der Waals surface area (Å²) < 4.78 is 20.2. The summed E-state index contributed by atoms with van der Waals surface area (Å²) in [5.41, 5.74) is 0. The average molecular weight is 369 g/mol. The van der Waals surface area contributed by atoms with E-state index in [1.165, 1.54) is 13.8 Å². The molecule has 0 unspecified atom stereocenters. The van der Waals surface area contributed by atoms with E-state index in [2.05, 4.69) is 15.9 Å². The van der Waals surface area contributed by atoms with Crippen molar-refractivity contribution in [1.82, 2.24) is 0 Å². The molecule has 21 heavy (non-hydrogen) atoms. The van der Waals surface area contributed by atoms with Crippen molar-refractivity contribution in [1.29, 1.82) is 0 Å². The first kappa shape index (κ1) is 17.9. The Labute approximate surface area is 129 Å². The summed E-state index contributed by atoms with van der Waals surface area (Å²) in [6.45, 7) is 3.34. The summed E-state index contributed by atoms with van der Waals surface area (Å²) >= 11 is 3.15. The normalized spacial score (nSPS) is 32.1. The van der Waals surface area contributed by atoms with Crippen LogP contribution in [0.1, 0.15) is 20.8 Å². The molecule has 0 aromatic rings. The van der Waals surface area contributed by atoms with E-state index in [-0.39, 0.29) is 6.61 Å². The van der Waals surface area contributed by atoms with Crippen LogP contribution in [0.3, 0.4) is 0 Å². The zero-order valence-corrected chi connectivity index (χ0v) is 13.4. The summed E-state index contributed by atoms with van der Waals surface area (Å²) in [5.74, 6) is -1.80. The van der Waals surface area contributed by atoms with E-state index >= 15 is 0 Å². The van der Waals surface area contributed by atoms with Crippen molar-refractivity contribution in [3.8, 4) is 0 Å². The fourth-order valence-corrected chi connectivity index (χ4v) is 2.54. The van der Waals surface area contributed by atoms with E-state index in [4.69, 9.17) is 18.9 Å². The zero-order chi connectivity index (χ0) is 16.2. The van der Waals surface area contributed by atoms with E-state index in [1.54, 1.807) is 0 Å². The second-order valence-corrected chi connectivity index (χ2v) is 5.37. The first-order valence-corrected chi connectivity index (χ1v) is 7.09. The second kappa shape index (κ2) is 7.71. The highest BCUT2D eigenvalue weighted by Gasteiger charge is 2.48. The van der Waals surface area contributed by atoms with Gasteiger partial charge in [-0.25, -0.2) is 0 Å². The maximum Gasteiger partial charge on any atom is 0.303 e. The molecule has 8 nitrogen and oxygen atoms in total. The third-order valence-corrected chi connectivity index (χ3v) is 3.40. The van der Waals surface area contributed by atoms with Gasteiger partial charge in [-0.15, -0.1) is 0 Å². The van der Waals surface area contributed by atoms with Gasteiger partial charge in [0.15, 0.2) is 17.2 Å². The number of carbonyl (C=O) groups excluding carboxylic acids is 3. The van der Waals surface area contributed by atoms with E-state index in [0.29, 0.717) is 0 Å². The number of esters is 3. The lowest BCUT2D eigenvalue weighted by molar-refractivity contribution is -0.229. The van der Waals surface area contributed by atoms with Crippen LogP contribution in [-0.4, -0.2) is 59.1 Å². The number of hydrogen-bond donors (Lipinski definition) is 1. The van der Waals surface area contributed by atoms with Crippen molar-refractivity contribution in [2.45, 2.75) is 50.2 Å². The van der Waals surface area contributed by atoms with Crippen molar-refractivity contribution in [3.63, 3.8) is 0 Å². The van der Waals surface area contributed by atoms with Crippen molar-refractivity contribution in [2.24, 2.45) is 0 Å². The summed E-state index contributed by atoms with van der Waals surface area (Å²) in [6, 6.07) is 0. The molecule has 0 amide bonds. The largest absolute Gasteiger partial charge is 0.463 e. The Bertz CT molecular complexity index is 412. The predicted octanol–water partition coefficient (Wildman–Crippen LogP) is -0.106. The highest BCUT2D eigenvalue weighted by atomic mass is 79.9. The Balaban J connectivity index is 2.87. The Morgan fingerprint density at radius 2 is 1.57 bits per heavy atom. The maximum atomic E-state index is 11.2. The van der Waals surface area contributed by atoms with E-state index < -0.39 is 47.3 Å².